The molecule has 0 bridgehead atoms. The fraction of sp³-hybridized carbons (Fsp3) is 0.600. The zero-order chi connectivity index (χ0) is 5.33. The van der Waals surface area contributed by atoms with Gasteiger partial charge in [0.1, 0.15) is 0 Å². The van der Waals surface area contributed by atoms with Gasteiger partial charge in [-0.05, 0) is 35.6 Å². The van der Waals surface area contributed by atoms with Crippen molar-refractivity contribution in [1.29, 1.82) is 0 Å². The number of alkyl halides is 1. The summed E-state index contributed by atoms with van der Waals surface area (Å²) in [6.45, 7) is 2.06. The molecule has 0 radical (unpaired) electrons. The Morgan fingerprint density at radius 3 is 2.71 bits per heavy atom. The molecule has 0 aliphatic carbocycles. The molecule has 0 aromatic carbocycles. The van der Waals surface area contributed by atoms with Crippen LogP contribution in [0.5, 0.6) is 0 Å². The number of hydrogen-bond acceptors (Lipinski definition) is 1. The van der Waals surface area contributed by atoms with Crippen LogP contribution in [0.25, 0.3) is 0 Å². The van der Waals surface area contributed by atoms with Crippen LogP contribution in [0.4, 0.5) is 0 Å². The van der Waals surface area contributed by atoms with E-state index in [9.17, 15) is 0 Å². The van der Waals surface area contributed by atoms with Crippen LogP contribution in [0.3, 0.4) is 0 Å². The van der Waals surface area contributed by atoms with Crippen molar-refractivity contribution in [1.82, 2.24) is 0 Å². The van der Waals surface area contributed by atoms with Gasteiger partial charge in [-0.2, -0.15) is 0 Å². The quantitative estimate of drug-likeness (QED) is 0.439. The summed E-state index contributed by atoms with van der Waals surface area (Å²) in [6.07, 6.45) is 4.83. The molecule has 1 aliphatic rings. The monoisotopic (exact) mass is 210 g/mol. The van der Waals surface area contributed by atoms with Crippen LogP contribution in [0.15, 0.2) is 12.3 Å². The normalized spacial score (nSPS) is 38.6. The van der Waals surface area contributed by atoms with Crippen molar-refractivity contribution in [2.45, 2.75) is 17.0 Å². The molecule has 0 spiro atoms. The van der Waals surface area contributed by atoms with Crippen LogP contribution < -0.4 is 0 Å². The summed E-state index contributed by atoms with van der Waals surface area (Å²) in [5, 5.41) is 0. The van der Waals surface area contributed by atoms with Gasteiger partial charge in [0, 0.05) is 6.42 Å². The van der Waals surface area contributed by atoms with Gasteiger partial charge in [0.25, 0.3) is 0 Å². The first kappa shape index (κ1) is 5.41. The minimum absolute atomic E-state index is 0.0533. The van der Waals surface area contributed by atoms with Gasteiger partial charge in [-0.3, -0.25) is 0 Å². The predicted molar refractivity (Wildman–Crippen MR) is 37.3 cm³/mol. The summed E-state index contributed by atoms with van der Waals surface area (Å²) in [5.41, 5.74) is 0. The molecule has 0 fully saturated rings. The number of ether oxygens (including phenoxy) is 1. The van der Waals surface area contributed by atoms with E-state index in [0.29, 0.717) is 0 Å². The molecule has 40 valence electrons. The minimum atomic E-state index is 0.0533. The van der Waals surface area contributed by atoms with Gasteiger partial charge in [-0.15, -0.1) is 0 Å². The van der Waals surface area contributed by atoms with Gasteiger partial charge in [-0.1, -0.05) is 0 Å². The third-order valence-corrected chi connectivity index (χ3v) is 1.59. The van der Waals surface area contributed by atoms with E-state index in [2.05, 4.69) is 29.5 Å². The predicted octanol–water partition coefficient (Wildman–Crippen LogP) is 2.07. The largest absolute Gasteiger partial charge is 0.485 e. The van der Waals surface area contributed by atoms with Crippen molar-refractivity contribution in [3.8, 4) is 0 Å². The second kappa shape index (κ2) is 1.65. The number of halogens is 1. The van der Waals surface area contributed by atoms with Crippen molar-refractivity contribution in [3.63, 3.8) is 0 Å². The van der Waals surface area contributed by atoms with Gasteiger partial charge in [-0.25, -0.2) is 0 Å². The van der Waals surface area contributed by atoms with Crippen molar-refractivity contribution >= 4 is 22.6 Å². The second-order valence-electron chi connectivity index (χ2n) is 1.80. The molecule has 0 aromatic rings. The zero-order valence-corrected chi connectivity index (χ0v) is 6.31. The average Bonchev–Trinajstić information content (AvgIpc) is 1.84. The topological polar surface area (TPSA) is 9.23 Å². The molecule has 0 N–H and O–H groups in total. The lowest BCUT2D eigenvalue weighted by Crippen LogP contribution is -2.10. The Kier molecular flexibility index (Phi) is 1.28. The van der Waals surface area contributed by atoms with Crippen LogP contribution in [0, 0.1) is 0 Å². The summed E-state index contributed by atoms with van der Waals surface area (Å²) in [6, 6.07) is 0. The second-order valence-corrected chi connectivity index (χ2v) is 4.08. The maximum Gasteiger partial charge on any atom is 0.159 e. The number of hydrogen-bond donors (Lipinski definition) is 0. The SMILES string of the molecule is C[C@]1(I)CC=CO1. The lowest BCUT2D eigenvalue weighted by atomic mass is 10.3. The van der Waals surface area contributed by atoms with E-state index < -0.39 is 0 Å². The summed E-state index contributed by atoms with van der Waals surface area (Å²) in [4.78, 5) is 0. The molecule has 1 nitrogen and oxygen atoms in total. The molecular weight excluding hydrogens is 203 g/mol. The van der Waals surface area contributed by atoms with E-state index in [1.165, 1.54) is 0 Å². The molecule has 0 amide bonds. The van der Waals surface area contributed by atoms with Crippen molar-refractivity contribution in [3.05, 3.63) is 12.3 Å². The summed E-state index contributed by atoms with van der Waals surface area (Å²) in [7, 11) is 0. The molecule has 1 aliphatic heterocycles. The van der Waals surface area contributed by atoms with Crippen molar-refractivity contribution < 1.29 is 4.74 Å². The van der Waals surface area contributed by atoms with Crippen LogP contribution in [0.1, 0.15) is 13.3 Å². The average molecular weight is 210 g/mol. The van der Waals surface area contributed by atoms with Crippen LogP contribution in [0.2, 0.25) is 0 Å². The highest BCUT2D eigenvalue weighted by Gasteiger charge is 2.21. The Labute approximate surface area is 56.9 Å². The highest BCUT2D eigenvalue weighted by atomic mass is 127. The van der Waals surface area contributed by atoms with Crippen LogP contribution in [-0.4, -0.2) is 3.61 Å². The molecule has 0 saturated carbocycles. The Morgan fingerprint density at radius 1 is 1.86 bits per heavy atom. The van der Waals surface area contributed by atoms with E-state index in [4.69, 9.17) is 4.74 Å². The first-order chi connectivity index (χ1) is 3.21. The molecule has 1 heterocycles. The fourth-order valence-corrected chi connectivity index (χ4v) is 0.898. The van der Waals surface area contributed by atoms with E-state index in [-0.39, 0.29) is 3.61 Å². The molecular formula is C5H7IO. The molecule has 1 rings (SSSR count). The fourth-order valence-electron chi connectivity index (χ4n) is 0.497. The Morgan fingerprint density at radius 2 is 2.57 bits per heavy atom. The lowest BCUT2D eigenvalue weighted by molar-refractivity contribution is 0.172. The molecule has 0 saturated heterocycles. The van der Waals surface area contributed by atoms with E-state index in [1.54, 1.807) is 6.26 Å². The summed E-state index contributed by atoms with van der Waals surface area (Å²) in [5.74, 6) is 0. The lowest BCUT2D eigenvalue weighted by Gasteiger charge is -2.13. The van der Waals surface area contributed by atoms with Gasteiger partial charge >= 0.3 is 0 Å². The highest BCUT2D eigenvalue weighted by molar-refractivity contribution is 14.1. The molecule has 0 unspecified atom stereocenters. The molecule has 2 heteroatoms. The zero-order valence-electron chi connectivity index (χ0n) is 4.15. The van der Waals surface area contributed by atoms with Crippen molar-refractivity contribution in [2.24, 2.45) is 0 Å². The maximum absolute atomic E-state index is 5.15. The molecule has 1 atom stereocenters. The highest BCUT2D eigenvalue weighted by Crippen LogP contribution is 2.29. The van der Waals surface area contributed by atoms with Crippen LogP contribution in [-0.2, 0) is 4.74 Å². The standard InChI is InChI=1S/C5H7IO/c1-5(6)3-2-4-7-5/h2,4H,3H2,1H3/t5-/m1/s1. The van der Waals surface area contributed by atoms with E-state index in [0.717, 1.165) is 6.42 Å². The van der Waals surface area contributed by atoms with Gasteiger partial charge in [0.05, 0.1) is 6.26 Å². The minimum Gasteiger partial charge on any atom is -0.485 e. The van der Waals surface area contributed by atoms with Gasteiger partial charge in [0.15, 0.2) is 3.61 Å². The maximum atomic E-state index is 5.15. The van der Waals surface area contributed by atoms with Crippen molar-refractivity contribution in [2.75, 3.05) is 0 Å². The van der Waals surface area contributed by atoms with Crippen LogP contribution >= 0.6 is 22.6 Å². The Hall–Kier alpha value is 0.270. The van der Waals surface area contributed by atoms with Gasteiger partial charge < -0.3 is 4.74 Å². The molecule has 0 aromatic heterocycles. The first-order valence-electron chi connectivity index (χ1n) is 2.22. The smallest absolute Gasteiger partial charge is 0.159 e. The first-order valence-corrected chi connectivity index (χ1v) is 3.30. The Bertz CT molecular complexity index is 86.3. The number of rotatable bonds is 0. The summed E-state index contributed by atoms with van der Waals surface area (Å²) >= 11 is 2.28. The van der Waals surface area contributed by atoms with E-state index >= 15 is 0 Å². The summed E-state index contributed by atoms with van der Waals surface area (Å²) < 4.78 is 5.20. The Balaban J connectivity index is 2.49. The third kappa shape index (κ3) is 1.33. The third-order valence-electron chi connectivity index (χ3n) is 0.892. The van der Waals surface area contributed by atoms with E-state index in [1.807, 2.05) is 6.08 Å². The molecule has 7 heavy (non-hydrogen) atoms. The van der Waals surface area contributed by atoms with Gasteiger partial charge in [0.2, 0.25) is 0 Å².